The molecule has 0 radical (unpaired) electrons. The van der Waals surface area contributed by atoms with Gasteiger partial charge < -0.3 is 9.72 Å². The first kappa shape index (κ1) is 11.3. The molecule has 19 heavy (non-hydrogen) atoms. The molecular formula is C16H20N2O. The maximum absolute atomic E-state index is 6.07. The molecule has 2 aromatic rings. The van der Waals surface area contributed by atoms with E-state index in [1.165, 1.54) is 25.7 Å². The standard InChI is InChI=1S/C16H20N2O/c1-10-6-11-8-13(9-12(11)7-10)19-16-17-14-4-2-3-5-15(14)18-16/h2-5,10-13H,6-9H2,1H3,(H,17,18). The van der Waals surface area contributed by atoms with Gasteiger partial charge in [0, 0.05) is 0 Å². The number of fused-ring (bicyclic) bond motifs is 2. The van der Waals surface area contributed by atoms with Gasteiger partial charge in [-0.05, 0) is 55.6 Å². The molecule has 2 aliphatic carbocycles. The van der Waals surface area contributed by atoms with Crippen molar-refractivity contribution in [1.29, 1.82) is 0 Å². The van der Waals surface area contributed by atoms with Crippen molar-refractivity contribution in [2.45, 2.75) is 38.7 Å². The summed E-state index contributed by atoms with van der Waals surface area (Å²) in [4.78, 5) is 7.77. The minimum atomic E-state index is 0.364. The summed E-state index contributed by atoms with van der Waals surface area (Å²) in [7, 11) is 0. The molecule has 2 unspecified atom stereocenters. The lowest BCUT2D eigenvalue weighted by Gasteiger charge is -2.12. The third-order valence-electron chi connectivity index (χ3n) is 4.85. The maximum atomic E-state index is 6.07. The molecule has 1 aromatic heterocycles. The average Bonchev–Trinajstić information content (AvgIpc) is 3.00. The van der Waals surface area contributed by atoms with Gasteiger partial charge in [-0.15, -0.1) is 0 Å². The number of aromatic amines is 1. The quantitative estimate of drug-likeness (QED) is 0.888. The van der Waals surface area contributed by atoms with Gasteiger partial charge in [-0.25, -0.2) is 0 Å². The van der Waals surface area contributed by atoms with Gasteiger partial charge in [0.15, 0.2) is 0 Å². The number of hydrogen-bond acceptors (Lipinski definition) is 2. The Morgan fingerprint density at radius 3 is 2.58 bits per heavy atom. The van der Waals surface area contributed by atoms with Crippen molar-refractivity contribution >= 4 is 11.0 Å². The number of imidazole rings is 1. The Morgan fingerprint density at radius 1 is 1.11 bits per heavy atom. The molecule has 0 bridgehead atoms. The number of ether oxygens (including phenoxy) is 1. The van der Waals surface area contributed by atoms with Crippen molar-refractivity contribution in [2.24, 2.45) is 17.8 Å². The van der Waals surface area contributed by atoms with E-state index in [0.717, 1.165) is 28.8 Å². The van der Waals surface area contributed by atoms with Crippen LogP contribution in [-0.4, -0.2) is 16.1 Å². The van der Waals surface area contributed by atoms with Gasteiger partial charge in [0.25, 0.3) is 6.01 Å². The Labute approximate surface area is 113 Å². The number of aromatic nitrogens is 2. The van der Waals surface area contributed by atoms with Gasteiger partial charge in [-0.3, -0.25) is 0 Å². The van der Waals surface area contributed by atoms with Crippen LogP contribution in [0, 0.1) is 17.8 Å². The van der Waals surface area contributed by atoms with Gasteiger partial charge in [-0.1, -0.05) is 19.1 Å². The predicted molar refractivity (Wildman–Crippen MR) is 75.1 cm³/mol. The summed E-state index contributed by atoms with van der Waals surface area (Å²) in [6.45, 7) is 2.38. The number of nitrogens with zero attached hydrogens (tertiary/aromatic N) is 1. The van der Waals surface area contributed by atoms with E-state index in [2.05, 4.69) is 16.9 Å². The Bertz CT molecular complexity index is 544. The van der Waals surface area contributed by atoms with Crippen LogP contribution in [0.4, 0.5) is 0 Å². The first-order valence-electron chi connectivity index (χ1n) is 7.39. The normalized spacial score (nSPS) is 33.7. The molecule has 4 rings (SSSR count). The molecule has 3 nitrogen and oxygen atoms in total. The minimum absolute atomic E-state index is 0.364. The maximum Gasteiger partial charge on any atom is 0.294 e. The molecule has 0 amide bonds. The van der Waals surface area contributed by atoms with Crippen LogP contribution in [0.5, 0.6) is 6.01 Å². The molecule has 1 N–H and O–H groups in total. The van der Waals surface area contributed by atoms with E-state index in [1.807, 2.05) is 24.3 Å². The van der Waals surface area contributed by atoms with Crippen molar-refractivity contribution in [3.63, 3.8) is 0 Å². The molecule has 2 saturated carbocycles. The van der Waals surface area contributed by atoms with Crippen LogP contribution in [0.1, 0.15) is 32.6 Å². The fourth-order valence-corrected chi connectivity index (χ4v) is 4.10. The van der Waals surface area contributed by atoms with Crippen molar-refractivity contribution in [3.05, 3.63) is 24.3 Å². The number of rotatable bonds is 2. The zero-order chi connectivity index (χ0) is 12.8. The number of H-pyrrole nitrogens is 1. The van der Waals surface area contributed by atoms with E-state index >= 15 is 0 Å². The lowest BCUT2D eigenvalue weighted by molar-refractivity contribution is 0.181. The fourth-order valence-electron chi connectivity index (χ4n) is 4.10. The summed E-state index contributed by atoms with van der Waals surface area (Å²) in [6.07, 6.45) is 5.58. The highest BCUT2D eigenvalue weighted by Crippen LogP contribution is 2.47. The minimum Gasteiger partial charge on any atom is -0.461 e. The van der Waals surface area contributed by atoms with E-state index in [0.29, 0.717) is 12.1 Å². The van der Waals surface area contributed by atoms with E-state index in [1.54, 1.807) is 0 Å². The van der Waals surface area contributed by atoms with E-state index < -0.39 is 0 Å². The van der Waals surface area contributed by atoms with Crippen molar-refractivity contribution in [3.8, 4) is 6.01 Å². The highest BCUT2D eigenvalue weighted by atomic mass is 16.5. The van der Waals surface area contributed by atoms with Crippen LogP contribution in [0.3, 0.4) is 0 Å². The third-order valence-corrected chi connectivity index (χ3v) is 4.85. The van der Waals surface area contributed by atoms with Gasteiger partial charge in [0.2, 0.25) is 0 Å². The Balaban J connectivity index is 1.48. The average molecular weight is 256 g/mol. The summed E-state index contributed by atoms with van der Waals surface area (Å²) in [5.74, 6) is 2.70. The second kappa shape index (κ2) is 4.26. The number of para-hydroxylation sites is 2. The zero-order valence-corrected chi connectivity index (χ0v) is 11.3. The topological polar surface area (TPSA) is 37.9 Å². The first-order valence-corrected chi connectivity index (χ1v) is 7.39. The van der Waals surface area contributed by atoms with Gasteiger partial charge in [0.05, 0.1) is 11.0 Å². The lowest BCUT2D eigenvalue weighted by Crippen LogP contribution is -2.14. The summed E-state index contributed by atoms with van der Waals surface area (Å²) < 4.78 is 6.07. The molecule has 1 aromatic carbocycles. The Morgan fingerprint density at radius 2 is 1.84 bits per heavy atom. The van der Waals surface area contributed by atoms with Crippen LogP contribution in [-0.2, 0) is 0 Å². The van der Waals surface area contributed by atoms with Crippen LogP contribution in [0.15, 0.2) is 24.3 Å². The zero-order valence-electron chi connectivity index (χ0n) is 11.3. The molecule has 100 valence electrons. The molecular weight excluding hydrogens is 236 g/mol. The second-order valence-corrected chi connectivity index (χ2v) is 6.37. The Hall–Kier alpha value is -1.51. The van der Waals surface area contributed by atoms with Gasteiger partial charge in [0.1, 0.15) is 6.10 Å². The first-order chi connectivity index (χ1) is 9.28. The molecule has 2 fully saturated rings. The third kappa shape index (κ3) is 2.01. The molecule has 0 spiro atoms. The summed E-state index contributed by atoms with van der Waals surface area (Å²) >= 11 is 0. The van der Waals surface area contributed by atoms with Gasteiger partial charge >= 0.3 is 0 Å². The van der Waals surface area contributed by atoms with E-state index in [4.69, 9.17) is 4.74 Å². The van der Waals surface area contributed by atoms with E-state index in [-0.39, 0.29) is 0 Å². The van der Waals surface area contributed by atoms with E-state index in [9.17, 15) is 0 Å². The summed E-state index contributed by atoms with van der Waals surface area (Å²) in [5, 5.41) is 0. The van der Waals surface area contributed by atoms with Crippen molar-refractivity contribution < 1.29 is 4.74 Å². The molecule has 0 saturated heterocycles. The lowest BCUT2D eigenvalue weighted by atomic mass is 10.0. The van der Waals surface area contributed by atoms with Crippen LogP contribution < -0.4 is 4.74 Å². The monoisotopic (exact) mass is 256 g/mol. The van der Waals surface area contributed by atoms with Crippen molar-refractivity contribution in [1.82, 2.24) is 9.97 Å². The summed E-state index contributed by atoms with van der Waals surface area (Å²) in [5.41, 5.74) is 2.05. The number of nitrogens with one attached hydrogen (secondary N) is 1. The van der Waals surface area contributed by atoms with Crippen LogP contribution in [0.25, 0.3) is 11.0 Å². The molecule has 0 aliphatic heterocycles. The predicted octanol–water partition coefficient (Wildman–Crippen LogP) is 3.77. The molecule has 2 aliphatic rings. The van der Waals surface area contributed by atoms with Crippen LogP contribution in [0.2, 0.25) is 0 Å². The smallest absolute Gasteiger partial charge is 0.294 e. The van der Waals surface area contributed by atoms with Crippen molar-refractivity contribution in [2.75, 3.05) is 0 Å². The SMILES string of the molecule is CC1CC2CC(Oc3nc4ccccc4[nH]3)CC2C1. The summed E-state index contributed by atoms with van der Waals surface area (Å²) in [6, 6.07) is 8.78. The second-order valence-electron chi connectivity index (χ2n) is 6.37. The molecule has 2 atom stereocenters. The highest BCUT2D eigenvalue weighted by Gasteiger charge is 2.41. The number of hydrogen-bond donors (Lipinski definition) is 1. The van der Waals surface area contributed by atoms with Crippen LogP contribution >= 0.6 is 0 Å². The molecule has 1 heterocycles. The fraction of sp³-hybridized carbons (Fsp3) is 0.562. The van der Waals surface area contributed by atoms with Gasteiger partial charge in [-0.2, -0.15) is 4.98 Å². The Kier molecular flexibility index (Phi) is 2.54. The highest BCUT2D eigenvalue weighted by molar-refractivity contribution is 5.75. The molecule has 3 heteroatoms. The largest absolute Gasteiger partial charge is 0.461 e. The number of benzene rings is 1.